The predicted molar refractivity (Wildman–Crippen MR) is 77.5 cm³/mol. The van der Waals surface area contributed by atoms with E-state index >= 15 is 0 Å². The van der Waals surface area contributed by atoms with Crippen molar-refractivity contribution >= 4 is 15.9 Å². The highest BCUT2D eigenvalue weighted by Gasteiger charge is 2.09. The third-order valence-corrected chi connectivity index (χ3v) is 2.98. The quantitative estimate of drug-likeness (QED) is 0.749. The number of nitrogens with two attached hydrogens (primary N) is 1. The van der Waals surface area contributed by atoms with Crippen molar-refractivity contribution in [3.8, 4) is 0 Å². The molecule has 18 heavy (non-hydrogen) atoms. The normalized spacial score (nSPS) is 12.9. The molecule has 0 saturated carbocycles. The van der Waals surface area contributed by atoms with Gasteiger partial charge in [0.05, 0.1) is 19.3 Å². The molecule has 0 bridgehead atoms. The SMILES string of the molecule is CC(C)COCCOC(CN)c1ccc(Br)cc1. The van der Waals surface area contributed by atoms with Crippen LogP contribution in [0.1, 0.15) is 25.5 Å². The maximum absolute atomic E-state index is 5.73. The van der Waals surface area contributed by atoms with E-state index in [9.17, 15) is 0 Å². The molecule has 4 heteroatoms. The van der Waals surface area contributed by atoms with Gasteiger partial charge in [-0.15, -0.1) is 0 Å². The van der Waals surface area contributed by atoms with Crippen LogP contribution in [0.15, 0.2) is 28.7 Å². The smallest absolute Gasteiger partial charge is 0.0948 e. The molecule has 0 fully saturated rings. The van der Waals surface area contributed by atoms with Gasteiger partial charge in [-0.25, -0.2) is 0 Å². The van der Waals surface area contributed by atoms with Crippen molar-refractivity contribution in [2.24, 2.45) is 11.7 Å². The Morgan fingerprint density at radius 1 is 1.17 bits per heavy atom. The van der Waals surface area contributed by atoms with Crippen LogP contribution < -0.4 is 5.73 Å². The lowest BCUT2D eigenvalue weighted by Gasteiger charge is -2.17. The Hall–Kier alpha value is -0.420. The van der Waals surface area contributed by atoms with Crippen LogP contribution in [-0.2, 0) is 9.47 Å². The zero-order chi connectivity index (χ0) is 13.4. The van der Waals surface area contributed by atoms with Gasteiger partial charge in [0.1, 0.15) is 0 Å². The topological polar surface area (TPSA) is 44.5 Å². The van der Waals surface area contributed by atoms with Crippen LogP contribution in [0, 0.1) is 5.92 Å². The predicted octanol–water partition coefficient (Wildman–Crippen LogP) is 3.14. The Kier molecular flexibility index (Phi) is 7.51. The molecular formula is C14H22BrNO2. The fraction of sp³-hybridized carbons (Fsp3) is 0.571. The number of hydrogen-bond acceptors (Lipinski definition) is 3. The fourth-order valence-electron chi connectivity index (χ4n) is 1.55. The van der Waals surface area contributed by atoms with E-state index < -0.39 is 0 Å². The molecule has 0 amide bonds. The number of rotatable bonds is 8. The molecule has 102 valence electrons. The second-order valence-electron chi connectivity index (χ2n) is 4.62. The van der Waals surface area contributed by atoms with Gasteiger partial charge in [-0.2, -0.15) is 0 Å². The maximum atomic E-state index is 5.73. The first-order chi connectivity index (χ1) is 8.63. The fourth-order valence-corrected chi connectivity index (χ4v) is 1.81. The molecule has 3 nitrogen and oxygen atoms in total. The molecule has 1 rings (SSSR count). The molecular weight excluding hydrogens is 294 g/mol. The number of halogens is 1. The zero-order valence-electron chi connectivity index (χ0n) is 11.1. The minimum atomic E-state index is -0.0549. The summed E-state index contributed by atoms with van der Waals surface area (Å²) in [6, 6.07) is 8.04. The van der Waals surface area contributed by atoms with Crippen molar-refractivity contribution in [3.63, 3.8) is 0 Å². The van der Waals surface area contributed by atoms with Gasteiger partial charge in [-0.1, -0.05) is 41.9 Å². The second-order valence-corrected chi connectivity index (χ2v) is 5.53. The largest absolute Gasteiger partial charge is 0.379 e. The molecule has 0 radical (unpaired) electrons. The van der Waals surface area contributed by atoms with Crippen LogP contribution in [0.4, 0.5) is 0 Å². The molecule has 0 aliphatic heterocycles. The Bertz CT molecular complexity index is 327. The summed E-state index contributed by atoms with van der Waals surface area (Å²) in [6.45, 7) is 6.70. The average Bonchev–Trinajstić information content (AvgIpc) is 2.35. The Labute approximate surface area is 118 Å². The van der Waals surface area contributed by atoms with Gasteiger partial charge < -0.3 is 15.2 Å². The summed E-state index contributed by atoms with van der Waals surface area (Å²) in [4.78, 5) is 0. The molecule has 0 aliphatic rings. The monoisotopic (exact) mass is 315 g/mol. The third kappa shape index (κ3) is 5.96. The van der Waals surface area contributed by atoms with E-state index in [-0.39, 0.29) is 6.10 Å². The number of ether oxygens (including phenoxy) is 2. The summed E-state index contributed by atoms with van der Waals surface area (Å²) in [7, 11) is 0. The maximum Gasteiger partial charge on any atom is 0.0948 e. The molecule has 0 aliphatic carbocycles. The molecule has 0 saturated heterocycles. The first-order valence-electron chi connectivity index (χ1n) is 6.28. The van der Waals surface area contributed by atoms with Crippen molar-refractivity contribution < 1.29 is 9.47 Å². The van der Waals surface area contributed by atoms with Gasteiger partial charge >= 0.3 is 0 Å². The van der Waals surface area contributed by atoms with Gasteiger partial charge in [0.2, 0.25) is 0 Å². The summed E-state index contributed by atoms with van der Waals surface area (Å²) in [6.07, 6.45) is -0.0549. The van der Waals surface area contributed by atoms with Crippen LogP contribution in [-0.4, -0.2) is 26.4 Å². The molecule has 1 aromatic rings. The van der Waals surface area contributed by atoms with Crippen molar-refractivity contribution in [1.29, 1.82) is 0 Å². The second kappa shape index (κ2) is 8.64. The third-order valence-electron chi connectivity index (χ3n) is 2.45. The summed E-state index contributed by atoms with van der Waals surface area (Å²) in [5.74, 6) is 0.557. The van der Waals surface area contributed by atoms with Crippen LogP contribution in [0.25, 0.3) is 0 Å². The van der Waals surface area contributed by atoms with Crippen LogP contribution in [0.5, 0.6) is 0 Å². The minimum absolute atomic E-state index is 0.0549. The molecule has 0 spiro atoms. The van der Waals surface area contributed by atoms with Gasteiger partial charge in [-0.05, 0) is 23.6 Å². The highest BCUT2D eigenvalue weighted by Crippen LogP contribution is 2.19. The van der Waals surface area contributed by atoms with E-state index in [1.165, 1.54) is 0 Å². The van der Waals surface area contributed by atoms with E-state index in [0.29, 0.717) is 25.7 Å². The number of hydrogen-bond donors (Lipinski definition) is 1. The first kappa shape index (κ1) is 15.6. The van der Waals surface area contributed by atoms with Crippen LogP contribution in [0.3, 0.4) is 0 Å². The summed E-state index contributed by atoms with van der Waals surface area (Å²) >= 11 is 3.41. The highest BCUT2D eigenvalue weighted by molar-refractivity contribution is 9.10. The van der Waals surface area contributed by atoms with E-state index in [2.05, 4.69) is 29.8 Å². The van der Waals surface area contributed by atoms with E-state index in [0.717, 1.165) is 16.6 Å². The van der Waals surface area contributed by atoms with Gasteiger partial charge in [0.15, 0.2) is 0 Å². The van der Waals surface area contributed by atoms with Crippen LogP contribution in [0.2, 0.25) is 0 Å². The van der Waals surface area contributed by atoms with Crippen molar-refractivity contribution in [2.75, 3.05) is 26.4 Å². The van der Waals surface area contributed by atoms with E-state index in [1.54, 1.807) is 0 Å². The Morgan fingerprint density at radius 3 is 2.39 bits per heavy atom. The lowest BCUT2D eigenvalue weighted by molar-refractivity contribution is 0.00177. The summed E-state index contributed by atoms with van der Waals surface area (Å²) in [5, 5.41) is 0. The summed E-state index contributed by atoms with van der Waals surface area (Å²) in [5.41, 5.74) is 6.83. The molecule has 2 N–H and O–H groups in total. The zero-order valence-corrected chi connectivity index (χ0v) is 12.7. The Morgan fingerprint density at radius 2 is 1.83 bits per heavy atom. The van der Waals surface area contributed by atoms with Crippen LogP contribution >= 0.6 is 15.9 Å². The lowest BCUT2D eigenvalue weighted by Crippen LogP contribution is -2.18. The molecule has 0 heterocycles. The van der Waals surface area contributed by atoms with E-state index in [1.807, 2.05) is 24.3 Å². The summed E-state index contributed by atoms with van der Waals surface area (Å²) < 4.78 is 12.3. The average molecular weight is 316 g/mol. The minimum Gasteiger partial charge on any atom is -0.379 e. The molecule has 1 aromatic carbocycles. The molecule has 1 atom stereocenters. The first-order valence-corrected chi connectivity index (χ1v) is 7.07. The van der Waals surface area contributed by atoms with Crippen molar-refractivity contribution in [3.05, 3.63) is 34.3 Å². The molecule has 0 aromatic heterocycles. The number of benzene rings is 1. The van der Waals surface area contributed by atoms with E-state index in [4.69, 9.17) is 15.2 Å². The standard InChI is InChI=1S/C14H22BrNO2/c1-11(2)10-17-7-8-18-14(9-16)12-3-5-13(15)6-4-12/h3-6,11,14H,7-10,16H2,1-2H3. The Balaban J connectivity index is 2.31. The molecule has 1 unspecified atom stereocenters. The van der Waals surface area contributed by atoms with Crippen molar-refractivity contribution in [2.45, 2.75) is 20.0 Å². The van der Waals surface area contributed by atoms with Gasteiger partial charge in [-0.3, -0.25) is 0 Å². The van der Waals surface area contributed by atoms with Crippen molar-refractivity contribution in [1.82, 2.24) is 0 Å². The van der Waals surface area contributed by atoms with Gasteiger partial charge in [0, 0.05) is 17.6 Å². The van der Waals surface area contributed by atoms with Gasteiger partial charge in [0.25, 0.3) is 0 Å². The lowest BCUT2D eigenvalue weighted by atomic mass is 10.1. The highest BCUT2D eigenvalue weighted by atomic mass is 79.9.